The Morgan fingerprint density at radius 3 is 2.14 bits per heavy atom. The minimum Gasteiger partial charge on any atom is -0.355 e. The second-order valence-electron chi connectivity index (χ2n) is 8.60. The van der Waals surface area contributed by atoms with Gasteiger partial charge < -0.3 is 10.6 Å². The van der Waals surface area contributed by atoms with Gasteiger partial charge in [0, 0.05) is 31.6 Å². The molecular weight excluding hydrogens is 505 g/mol. The predicted molar refractivity (Wildman–Crippen MR) is 139 cm³/mol. The highest BCUT2D eigenvalue weighted by atomic mass is 35.5. The molecule has 1 aliphatic rings. The van der Waals surface area contributed by atoms with Gasteiger partial charge in [-0.15, -0.1) is 0 Å². The van der Waals surface area contributed by atoms with Crippen molar-refractivity contribution in [3.63, 3.8) is 0 Å². The highest BCUT2D eigenvalue weighted by molar-refractivity contribution is 7.89. The molecule has 1 heterocycles. The summed E-state index contributed by atoms with van der Waals surface area (Å²) in [6.07, 6.45) is 0.390. The van der Waals surface area contributed by atoms with E-state index in [4.69, 9.17) is 23.2 Å². The standard InChI is InChI=1S/C26H27Cl2N3O3S/c27-24-12-11-22(14-25(24)28)35(33,34)31-21-13-20(15-29-16-21)26(32)30-17-23(18-7-3-1-4-8-18)19-9-5-2-6-10-19/h1-12,14,20-21,23,29,31H,13,15-17H2,(H,30,32). The van der Waals surface area contributed by atoms with Gasteiger partial charge in [-0.3, -0.25) is 4.79 Å². The molecule has 0 aromatic heterocycles. The third-order valence-corrected chi connectivity index (χ3v) is 8.39. The molecular formula is C26H27Cl2N3O3S. The molecule has 3 aromatic carbocycles. The van der Waals surface area contributed by atoms with Crippen LogP contribution in [0.25, 0.3) is 0 Å². The Morgan fingerprint density at radius 2 is 1.54 bits per heavy atom. The molecule has 184 valence electrons. The van der Waals surface area contributed by atoms with E-state index in [2.05, 4.69) is 39.6 Å². The number of nitrogens with one attached hydrogen (secondary N) is 3. The van der Waals surface area contributed by atoms with E-state index in [0.717, 1.165) is 11.1 Å². The smallest absolute Gasteiger partial charge is 0.240 e. The zero-order valence-corrected chi connectivity index (χ0v) is 21.3. The molecule has 2 unspecified atom stereocenters. The molecule has 0 spiro atoms. The van der Waals surface area contributed by atoms with Crippen LogP contribution >= 0.6 is 23.2 Å². The lowest BCUT2D eigenvalue weighted by Gasteiger charge is -2.30. The first-order valence-corrected chi connectivity index (χ1v) is 13.6. The van der Waals surface area contributed by atoms with Crippen LogP contribution in [-0.4, -0.2) is 40.0 Å². The number of rotatable bonds is 8. The predicted octanol–water partition coefficient (Wildman–Crippen LogP) is 4.20. The van der Waals surface area contributed by atoms with Crippen molar-refractivity contribution < 1.29 is 13.2 Å². The minimum atomic E-state index is -3.81. The van der Waals surface area contributed by atoms with E-state index in [9.17, 15) is 13.2 Å². The van der Waals surface area contributed by atoms with Crippen LogP contribution in [0, 0.1) is 5.92 Å². The Bertz CT molecular complexity index is 1220. The summed E-state index contributed by atoms with van der Waals surface area (Å²) < 4.78 is 28.3. The number of benzene rings is 3. The van der Waals surface area contributed by atoms with Gasteiger partial charge >= 0.3 is 0 Å². The molecule has 0 radical (unpaired) electrons. The Labute approximate surface area is 216 Å². The van der Waals surface area contributed by atoms with E-state index in [1.165, 1.54) is 18.2 Å². The Balaban J connectivity index is 1.40. The van der Waals surface area contributed by atoms with Crippen LogP contribution in [0.5, 0.6) is 0 Å². The third kappa shape index (κ3) is 6.63. The van der Waals surface area contributed by atoms with Gasteiger partial charge in [0.25, 0.3) is 0 Å². The molecule has 9 heteroatoms. The van der Waals surface area contributed by atoms with E-state index in [1.54, 1.807) is 0 Å². The van der Waals surface area contributed by atoms with Crippen molar-refractivity contribution in [2.75, 3.05) is 19.6 Å². The molecule has 1 saturated heterocycles. The summed E-state index contributed by atoms with van der Waals surface area (Å²) in [4.78, 5) is 13.1. The third-order valence-electron chi connectivity index (χ3n) is 6.13. The number of halogens is 2. The highest BCUT2D eigenvalue weighted by Crippen LogP contribution is 2.26. The van der Waals surface area contributed by atoms with Crippen molar-refractivity contribution in [3.05, 3.63) is 100 Å². The molecule has 35 heavy (non-hydrogen) atoms. The fraction of sp³-hybridized carbons (Fsp3) is 0.269. The number of piperidine rings is 1. The minimum absolute atomic E-state index is 0.0156. The largest absolute Gasteiger partial charge is 0.355 e. The molecule has 3 N–H and O–H groups in total. The lowest BCUT2D eigenvalue weighted by atomic mass is 9.90. The summed E-state index contributed by atoms with van der Waals surface area (Å²) in [5, 5.41) is 6.72. The molecule has 6 nitrogen and oxygen atoms in total. The normalized spacial score (nSPS) is 18.4. The van der Waals surface area contributed by atoms with Crippen LogP contribution in [0.15, 0.2) is 83.8 Å². The molecule has 0 saturated carbocycles. The van der Waals surface area contributed by atoms with Crippen LogP contribution in [0.3, 0.4) is 0 Å². The van der Waals surface area contributed by atoms with Gasteiger partial charge in [-0.25, -0.2) is 13.1 Å². The number of carbonyl (C=O) groups excluding carboxylic acids is 1. The van der Waals surface area contributed by atoms with E-state index < -0.39 is 16.1 Å². The molecule has 0 bridgehead atoms. The number of hydrogen-bond acceptors (Lipinski definition) is 4. The zero-order chi connectivity index (χ0) is 24.8. The van der Waals surface area contributed by atoms with Crippen LogP contribution in [-0.2, 0) is 14.8 Å². The second kappa shape index (κ2) is 11.5. The van der Waals surface area contributed by atoms with Crippen LogP contribution < -0.4 is 15.4 Å². The Kier molecular flexibility index (Phi) is 8.46. The van der Waals surface area contributed by atoms with Gasteiger partial charge in [0.1, 0.15) is 0 Å². The molecule has 0 aliphatic carbocycles. The first kappa shape index (κ1) is 25.7. The number of carbonyl (C=O) groups is 1. The Hall–Kier alpha value is -2.42. The van der Waals surface area contributed by atoms with Crippen LogP contribution in [0.1, 0.15) is 23.5 Å². The second-order valence-corrected chi connectivity index (χ2v) is 11.1. The fourth-order valence-corrected chi connectivity index (χ4v) is 5.95. The van der Waals surface area contributed by atoms with Crippen molar-refractivity contribution in [2.24, 2.45) is 5.92 Å². The van der Waals surface area contributed by atoms with Crippen LogP contribution in [0.2, 0.25) is 10.0 Å². The van der Waals surface area contributed by atoms with Gasteiger partial charge in [0.05, 0.1) is 20.9 Å². The van der Waals surface area contributed by atoms with E-state index >= 15 is 0 Å². The van der Waals surface area contributed by atoms with E-state index in [0.29, 0.717) is 26.1 Å². The molecule has 1 amide bonds. The molecule has 1 fully saturated rings. The summed E-state index contributed by atoms with van der Waals surface area (Å²) in [7, 11) is -3.81. The first-order chi connectivity index (χ1) is 16.8. The van der Waals surface area contributed by atoms with Crippen molar-refractivity contribution in [1.82, 2.24) is 15.4 Å². The highest BCUT2D eigenvalue weighted by Gasteiger charge is 2.30. The number of sulfonamides is 1. The molecule has 3 aromatic rings. The van der Waals surface area contributed by atoms with Gasteiger partial charge in [-0.1, -0.05) is 83.9 Å². The van der Waals surface area contributed by atoms with Crippen molar-refractivity contribution in [2.45, 2.75) is 23.3 Å². The van der Waals surface area contributed by atoms with Gasteiger partial charge in [0.15, 0.2) is 0 Å². The van der Waals surface area contributed by atoms with Crippen molar-refractivity contribution in [3.8, 4) is 0 Å². The van der Waals surface area contributed by atoms with Crippen LogP contribution in [0.4, 0.5) is 0 Å². The Morgan fingerprint density at radius 1 is 0.914 bits per heavy atom. The maximum absolute atomic E-state index is 13.1. The molecule has 4 rings (SSSR count). The summed E-state index contributed by atoms with van der Waals surface area (Å²) in [5.74, 6) is -0.452. The van der Waals surface area contributed by atoms with Crippen molar-refractivity contribution in [1.29, 1.82) is 0 Å². The molecule has 1 aliphatic heterocycles. The zero-order valence-electron chi connectivity index (χ0n) is 19.0. The summed E-state index contributed by atoms with van der Waals surface area (Å²) in [6, 6.07) is 23.9. The fourth-order valence-electron chi connectivity index (χ4n) is 4.31. The quantitative estimate of drug-likeness (QED) is 0.406. The summed E-state index contributed by atoms with van der Waals surface area (Å²) >= 11 is 11.9. The number of hydrogen-bond donors (Lipinski definition) is 3. The van der Waals surface area contributed by atoms with E-state index in [-0.39, 0.29) is 32.7 Å². The van der Waals surface area contributed by atoms with Gasteiger partial charge in [0.2, 0.25) is 15.9 Å². The van der Waals surface area contributed by atoms with Crippen molar-refractivity contribution >= 4 is 39.1 Å². The average Bonchev–Trinajstić information content (AvgIpc) is 2.87. The SMILES string of the molecule is O=C(NCC(c1ccccc1)c1ccccc1)C1CNCC(NS(=O)(=O)c2ccc(Cl)c(Cl)c2)C1. The molecule has 2 atom stereocenters. The monoisotopic (exact) mass is 531 g/mol. The maximum Gasteiger partial charge on any atom is 0.240 e. The lowest BCUT2D eigenvalue weighted by Crippen LogP contribution is -2.52. The average molecular weight is 532 g/mol. The summed E-state index contributed by atoms with van der Waals surface area (Å²) in [5.41, 5.74) is 2.24. The first-order valence-electron chi connectivity index (χ1n) is 11.4. The lowest BCUT2D eigenvalue weighted by molar-refractivity contribution is -0.125. The van der Waals surface area contributed by atoms with Gasteiger partial charge in [-0.2, -0.15) is 0 Å². The van der Waals surface area contributed by atoms with Gasteiger partial charge in [-0.05, 0) is 35.7 Å². The maximum atomic E-state index is 13.1. The topological polar surface area (TPSA) is 87.3 Å². The summed E-state index contributed by atoms with van der Waals surface area (Å²) in [6.45, 7) is 1.36. The number of amides is 1. The van der Waals surface area contributed by atoms with E-state index in [1.807, 2.05) is 36.4 Å².